The molecule has 0 radical (unpaired) electrons. The molecule has 0 aromatic carbocycles. The molecule has 0 unspecified atom stereocenters. The zero-order valence-corrected chi connectivity index (χ0v) is 19.7. The van der Waals surface area contributed by atoms with E-state index < -0.39 is 6.10 Å². The summed E-state index contributed by atoms with van der Waals surface area (Å²) in [5, 5.41) is 24.1. The molecule has 30 heavy (non-hydrogen) atoms. The van der Waals surface area contributed by atoms with Crippen molar-refractivity contribution in [1.29, 1.82) is 0 Å². The van der Waals surface area contributed by atoms with Crippen molar-refractivity contribution in [3.63, 3.8) is 0 Å². The molecule has 1 saturated carbocycles. The number of allylic oxidation sites excluding steroid dienone is 1. The van der Waals surface area contributed by atoms with Crippen LogP contribution in [0.2, 0.25) is 0 Å². The third-order valence-electron chi connectivity index (χ3n) is 6.86. The molecule has 0 saturated heterocycles. The molecule has 0 spiro atoms. The van der Waals surface area contributed by atoms with Crippen LogP contribution in [-0.2, 0) is 4.79 Å². The van der Waals surface area contributed by atoms with E-state index in [2.05, 4.69) is 24.4 Å². The molecule has 0 aromatic rings. The van der Waals surface area contributed by atoms with Crippen molar-refractivity contribution in [3.05, 3.63) is 23.8 Å². The molecule has 5 atom stereocenters. The Labute approximate surface area is 183 Å². The van der Waals surface area contributed by atoms with Crippen LogP contribution in [0.1, 0.15) is 72.6 Å². The summed E-state index contributed by atoms with van der Waals surface area (Å²) in [7, 11) is 1.86. The van der Waals surface area contributed by atoms with Gasteiger partial charge in [-0.15, -0.1) is 0 Å². The number of fused-ring (bicyclic) bond motifs is 1. The third kappa shape index (κ3) is 7.21. The summed E-state index contributed by atoms with van der Waals surface area (Å²) in [5.74, 6) is 1.16. The lowest BCUT2D eigenvalue weighted by atomic mass is 9.89. The van der Waals surface area contributed by atoms with Crippen LogP contribution in [-0.4, -0.2) is 58.9 Å². The van der Waals surface area contributed by atoms with Crippen molar-refractivity contribution in [2.24, 2.45) is 17.8 Å². The minimum atomic E-state index is -0.401. The molecule has 2 rings (SSSR count). The normalized spacial score (nSPS) is 27.4. The van der Waals surface area contributed by atoms with Gasteiger partial charge in [0, 0.05) is 38.0 Å². The molecule has 0 aliphatic heterocycles. The van der Waals surface area contributed by atoms with E-state index in [1.54, 1.807) is 0 Å². The van der Waals surface area contributed by atoms with Gasteiger partial charge in [0.15, 0.2) is 0 Å². The Hall–Kier alpha value is -1.17. The predicted octanol–water partition coefficient (Wildman–Crippen LogP) is 3.66. The third-order valence-corrected chi connectivity index (χ3v) is 6.86. The maximum absolute atomic E-state index is 12.2. The Kier molecular flexibility index (Phi) is 9.58. The molecule has 5 nitrogen and oxygen atoms in total. The lowest BCUT2D eigenvalue weighted by molar-refractivity contribution is -0.133. The summed E-state index contributed by atoms with van der Waals surface area (Å²) in [6.07, 6.45) is 12.1. The zero-order valence-electron chi connectivity index (χ0n) is 19.7. The molecule has 3 N–H and O–H groups in total. The Balaban J connectivity index is 1.75. The van der Waals surface area contributed by atoms with Gasteiger partial charge in [0.1, 0.15) is 0 Å². The number of hydrogen-bond donors (Lipinski definition) is 3. The van der Waals surface area contributed by atoms with Gasteiger partial charge < -0.3 is 20.4 Å². The van der Waals surface area contributed by atoms with E-state index in [1.165, 1.54) is 5.57 Å². The second-order valence-electron chi connectivity index (χ2n) is 10.2. The van der Waals surface area contributed by atoms with Crippen LogP contribution in [0.5, 0.6) is 0 Å². The van der Waals surface area contributed by atoms with Gasteiger partial charge in [-0.2, -0.15) is 0 Å². The summed E-state index contributed by atoms with van der Waals surface area (Å²) in [5.41, 5.74) is 1.24. The minimum absolute atomic E-state index is 0.131. The number of unbranched alkanes of at least 4 members (excludes halogenated alkanes) is 2. The first kappa shape index (κ1) is 25.1. The van der Waals surface area contributed by atoms with E-state index in [0.29, 0.717) is 24.8 Å². The number of nitrogens with zero attached hydrogens (tertiary/aromatic N) is 1. The fourth-order valence-electron chi connectivity index (χ4n) is 4.68. The van der Waals surface area contributed by atoms with Gasteiger partial charge in [0.2, 0.25) is 5.91 Å². The zero-order chi connectivity index (χ0) is 22.3. The highest BCUT2D eigenvalue weighted by Gasteiger charge is 2.43. The summed E-state index contributed by atoms with van der Waals surface area (Å²) in [6.45, 7) is 9.80. The van der Waals surface area contributed by atoms with Crippen LogP contribution in [0, 0.1) is 17.8 Å². The molecule has 1 amide bonds. The summed E-state index contributed by atoms with van der Waals surface area (Å²) < 4.78 is 0. The van der Waals surface area contributed by atoms with Gasteiger partial charge in [0.25, 0.3) is 0 Å². The van der Waals surface area contributed by atoms with Crippen molar-refractivity contribution >= 4 is 5.91 Å². The van der Waals surface area contributed by atoms with Crippen molar-refractivity contribution in [2.75, 3.05) is 20.1 Å². The Morgan fingerprint density at radius 2 is 2.10 bits per heavy atom. The molecular weight excluding hydrogens is 376 g/mol. The van der Waals surface area contributed by atoms with E-state index in [-0.39, 0.29) is 23.5 Å². The smallest absolute Gasteiger partial charge is 0.224 e. The van der Waals surface area contributed by atoms with Crippen LogP contribution in [0.4, 0.5) is 0 Å². The standard InChI is InChI=1S/C25H44N2O3/c1-6-7-8-9-20(28)10-11-21-22-15-18(14-19(22)16-23(21)29)17-26-13-12-24(30)27(5)25(2,3)4/h10-11,14,19-23,26,28-29H,6-9,12-13,15-17H2,1-5H3/b11-10+/t19-,20-,21+,22-,23+/m0/s1. The van der Waals surface area contributed by atoms with Crippen molar-refractivity contribution in [3.8, 4) is 0 Å². The summed E-state index contributed by atoms with van der Waals surface area (Å²) in [4.78, 5) is 14.1. The number of rotatable bonds is 11. The first-order chi connectivity index (χ1) is 14.1. The molecule has 5 heteroatoms. The van der Waals surface area contributed by atoms with Crippen molar-refractivity contribution in [1.82, 2.24) is 10.2 Å². The van der Waals surface area contributed by atoms with Crippen LogP contribution in [0.25, 0.3) is 0 Å². The van der Waals surface area contributed by atoms with Crippen LogP contribution in [0.3, 0.4) is 0 Å². The number of carbonyl (C=O) groups excluding carboxylic acids is 1. The van der Waals surface area contributed by atoms with Gasteiger partial charge in [-0.1, -0.05) is 50.0 Å². The molecule has 0 heterocycles. The Morgan fingerprint density at radius 1 is 1.37 bits per heavy atom. The van der Waals surface area contributed by atoms with Gasteiger partial charge in [-0.25, -0.2) is 0 Å². The SMILES string of the molecule is CCCCC[C@H](O)/C=C/[C@@H]1[C@H]2CC(CNCCC(=O)N(C)C(C)(C)C)=C[C@H]2C[C@H]1O. The molecular formula is C25H44N2O3. The number of carbonyl (C=O) groups is 1. The molecule has 0 aromatic heterocycles. The number of hydrogen-bond acceptors (Lipinski definition) is 4. The maximum atomic E-state index is 12.2. The number of aliphatic hydroxyl groups is 2. The summed E-state index contributed by atoms with van der Waals surface area (Å²) in [6, 6.07) is 0. The van der Waals surface area contributed by atoms with Crippen LogP contribution in [0.15, 0.2) is 23.8 Å². The van der Waals surface area contributed by atoms with E-state index in [9.17, 15) is 15.0 Å². The fourth-order valence-corrected chi connectivity index (χ4v) is 4.68. The average molecular weight is 421 g/mol. The van der Waals surface area contributed by atoms with Gasteiger partial charge in [-0.3, -0.25) is 4.79 Å². The van der Waals surface area contributed by atoms with E-state index >= 15 is 0 Å². The van der Waals surface area contributed by atoms with E-state index in [1.807, 2.05) is 38.8 Å². The van der Waals surface area contributed by atoms with Gasteiger partial charge >= 0.3 is 0 Å². The highest BCUT2D eigenvalue weighted by Crippen LogP contribution is 2.47. The first-order valence-electron chi connectivity index (χ1n) is 11.8. The lowest BCUT2D eigenvalue weighted by Crippen LogP contribution is -2.43. The molecule has 172 valence electrons. The number of amides is 1. The lowest BCUT2D eigenvalue weighted by Gasteiger charge is -2.32. The van der Waals surface area contributed by atoms with Crippen LogP contribution >= 0.6 is 0 Å². The molecule has 2 aliphatic rings. The van der Waals surface area contributed by atoms with Gasteiger partial charge in [-0.05, 0) is 51.9 Å². The minimum Gasteiger partial charge on any atom is -0.392 e. The molecule has 1 fully saturated rings. The topological polar surface area (TPSA) is 72.8 Å². The molecule has 2 aliphatic carbocycles. The highest BCUT2D eigenvalue weighted by molar-refractivity contribution is 5.76. The quantitative estimate of drug-likeness (QED) is 0.352. The molecule has 0 bridgehead atoms. The first-order valence-corrected chi connectivity index (χ1v) is 11.8. The Bertz CT molecular complexity index is 608. The second kappa shape index (κ2) is 11.4. The largest absolute Gasteiger partial charge is 0.392 e. The number of aliphatic hydroxyl groups excluding tert-OH is 2. The van der Waals surface area contributed by atoms with E-state index in [0.717, 1.165) is 45.1 Å². The monoisotopic (exact) mass is 420 g/mol. The van der Waals surface area contributed by atoms with Gasteiger partial charge in [0.05, 0.1) is 12.2 Å². The van der Waals surface area contributed by atoms with E-state index in [4.69, 9.17) is 0 Å². The summed E-state index contributed by atoms with van der Waals surface area (Å²) >= 11 is 0. The maximum Gasteiger partial charge on any atom is 0.224 e. The second-order valence-corrected chi connectivity index (χ2v) is 10.2. The number of nitrogens with one attached hydrogen (secondary N) is 1. The highest BCUT2D eigenvalue weighted by atomic mass is 16.3. The van der Waals surface area contributed by atoms with Crippen molar-refractivity contribution in [2.45, 2.75) is 90.4 Å². The average Bonchev–Trinajstić information content (AvgIpc) is 3.18. The fraction of sp³-hybridized carbons (Fsp3) is 0.800. The van der Waals surface area contributed by atoms with Crippen LogP contribution < -0.4 is 5.32 Å². The predicted molar refractivity (Wildman–Crippen MR) is 123 cm³/mol. The Morgan fingerprint density at radius 3 is 2.77 bits per heavy atom. The van der Waals surface area contributed by atoms with Crippen molar-refractivity contribution < 1.29 is 15.0 Å².